The molecule has 0 radical (unpaired) electrons. The Morgan fingerprint density at radius 2 is 1.35 bits per heavy atom. The Morgan fingerprint density at radius 3 is 1.94 bits per heavy atom. The molecule has 0 fully saturated rings. The van der Waals surface area contributed by atoms with Gasteiger partial charge in [0.1, 0.15) is 5.82 Å². The van der Waals surface area contributed by atoms with Gasteiger partial charge >= 0.3 is 5.69 Å². The fourth-order valence-electron chi connectivity index (χ4n) is 3.80. The Morgan fingerprint density at radius 1 is 0.765 bits per heavy atom. The smallest absolute Gasteiger partial charge is 0.311 e. The summed E-state index contributed by atoms with van der Waals surface area (Å²) in [5, 5.41) is 9.68. The molecule has 8 heteroatoms. The van der Waals surface area contributed by atoms with Crippen LogP contribution in [0.1, 0.15) is 27.9 Å². The second-order valence-electron chi connectivity index (χ2n) is 7.68. The van der Waals surface area contributed by atoms with Crippen LogP contribution >= 0.6 is 11.8 Å². The molecular weight excluding hydrogens is 446 g/mol. The molecular formula is C26H21N5O2S. The van der Waals surface area contributed by atoms with Gasteiger partial charge in [0.2, 0.25) is 0 Å². The second kappa shape index (κ2) is 9.76. The number of aromatic amines is 2. The van der Waals surface area contributed by atoms with Crippen molar-refractivity contribution in [2.24, 2.45) is 0 Å². The maximum absolute atomic E-state index is 11.8. The predicted molar refractivity (Wildman–Crippen MR) is 132 cm³/mol. The normalized spacial score (nSPS) is 11.1. The molecule has 7 nitrogen and oxygen atoms in total. The Labute approximate surface area is 199 Å². The summed E-state index contributed by atoms with van der Waals surface area (Å²) in [6, 6.07) is 31.7. The monoisotopic (exact) mass is 467 g/mol. The predicted octanol–water partition coefficient (Wildman–Crippen LogP) is 4.12. The topological polar surface area (TPSA) is 96.4 Å². The van der Waals surface area contributed by atoms with Crippen LogP contribution in [0.25, 0.3) is 5.69 Å². The number of nitrogens with one attached hydrogen (secondary N) is 2. The van der Waals surface area contributed by atoms with E-state index >= 15 is 0 Å². The van der Waals surface area contributed by atoms with Gasteiger partial charge in [0.25, 0.3) is 5.56 Å². The van der Waals surface area contributed by atoms with Crippen molar-refractivity contribution in [3.63, 3.8) is 0 Å². The van der Waals surface area contributed by atoms with Crippen LogP contribution in [0.15, 0.2) is 112 Å². The Hall–Kier alpha value is -4.17. The summed E-state index contributed by atoms with van der Waals surface area (Å²) in [7, 11) is 0. The molecule has 5 aromatic rings. The number of H-pyrrole nitrogens is 2. The number of rotatable bonds is 7. The fourth-order valence-corrected chi connectivity index (χ4v) is 5.00. The van der Waals surface area contributed by atoms with Gasteiger partial charge in [-0.3, -0.25) is 14.3 Å². The first kappa shape index (κ1) is 21.7. The van der Waals surface area contributed by atoms with E-state index in [1.165, 1.54) is 6.07 Å². The summed E-state index contributed by atoms with van der Waals surface area (Å²) in [6.07, 6.45) is 0.253. The van der Waals surface area contributed by atoms with Gasteiger partial charge in [-0.25, -0.2) is 4.79 Å². The zero-order valence-electron chi connectivity index (χ0n) is 18.1. The summed E-state index contributed by atoms with van der Waals surface area (Å²) in [4.78, 5) is 28.4. The highest BCUT2D eigenvalue weighted by Crippen LogP contribution is 2.40. The fraction of sp³-hybridized carbons (Fsp3) is 0.0769. The van der Waals surface area contributed by atoms with Gasteiger partial charge in [0.15, 0.2) is 5.16 Å². The lowest BCUT2D eigenvalue weighted by atomic mass is 10.0. The number of para-hydroxylation sites is 1. The van der Waals surface area contributed by atoms with Crippen LogP contribution in [-0.2, 0) is 6.42 Å². The van der Waals surface area contributed by atoms with Crippen LogP contribution in [0, 0.1) is 0 Å². The molecule has 0 saturated carbocycles. The maximum Gasteiger partial charge on any atom is 0.325 e. The molecule has 34 heavy (non-hydrogen) atoms. The quantitative estimate of drug-likeness (QED) is 0.351. The molecule has 0 spiro atoms. The highest BCUT2D eigenvalue weighted by atomic mass is 32.2. The summed E-state index contributed by atoms with van der Waals surface area (Å²) in [5.41, 5.74) is 2.68. The van der Waals surface area contributed by atoms with Crippen molar-refractivity contribution < 1.29 is 0 Å². The van der Waals surface area contributed by atoms with E-state index < -0.39 is 11.2 Å². The van der Waals surface area contributed by atoms with Crippen molar-refractivity contribution >= 4 is 11.8 Å². The van der Waals surface area contributed by atoms with Gasteiger partial charge in [0, 0.05) is 23.9 Å². The molecule has 0 amide bonds. The Kier molecular flexibility index (Phi) is 6.22. The molecule has 2 heterocycles. The highest BCUT2D eigenvalue weighted by Gasteiger charge is 2.22. The molecule has 3 aromatic carbocycles. The Balaban J connectivity index is 1.59. The molecule has 2 aromatic heterocycles. The average Bonchev–Trinajstić information content (AvgIpc) is 3.25. The number of hydrogen-bond donors (Lipinski definition) is 2. The first-order chi connectivity index (χ1) is 16.7. The zero-order chi connectivity index (χ0) is 23.3. The van der Waals surface area contributed by atoms with Crippen LogP contribution in [0.2, 0.25) is 0 Å². The molecule has 0 atom stereocenters. The molecule has 0 saturated heterocycles. The van der Waals surface area contributed by atoms with Crippen LogP contribution in [-0.4, -0.2) is 24.7 Å². The lowest BCUT2D eigenvalue weighted by molar-refractivity contribution is 0.827. The summed E-state index contributed by atoms with van der Waals surface area (Å²) >= 11 is 1.60. The average molecular weight is 468 g/mol. The minimum Gasteiger partial charge on any atom is -0.311 e. The summed E-state index contributed by atoms with van der Waals surface area (Å²) < 4.78 is 1.98. The second-order valence-corrected chi connectivity index (χ2v) is 8.75. The van der Waals surface area contributed by atoms with Crippen molar-refractivity contribution in [2.45, 2.75) is 16.8 Å². The summed E-state index contributed by atoms with van der Waals surface area (Å²) in [6.45, 7) is 0. The molecule has 0 aliphatic heterocycles. The molecule has 168 valence electrons. The lowest BCUT2D eigenvalue weighted by Crippen LogP contribution is -2.23. The molecule has 2 N–H and O–H groups in total. The van der Waals surface area contributed by atoms with Crippen LogP contribution in [0.5, 0.6) is 0 Å². The van der Waals surface area contributed by atoms with Crippen LogP contribution in [0.4, 0.5) is 0 Å². The van der Waals surface area contributed by atoms with Crippen LogP contribution < -0.4 is 11.2 Å². The van der Waals surface area contributed by atoms with Crippen molar-refractivity contribution in [2.75, 3.05) is 0 Å². The van der Waals surface area contributed by atoms with E-state index in [0.717, 1.165) is 16.8 Å². The molecule has 0 aliphatic rings. The lowest BCUT2D eigenvalue weighted by Gasteiger charge is -2.18. The van der Waals surface area contributed by atoms with E-state index in [1.54, 1.807) is 11.8 Å². The first-order valence-electron chi connectivity index (χ1n) is 10.8. The van der Waals surface area contributed by atoms with E-state index in [9.17, 15) is 9.59 Å². The van der Waals surface area contributed by atoms with Gasteiger partial charge in [0.05, 0.1) is 5.25 Å². The Bertz CT molecular complexity index is 1430. The van der Waals surface area contributed by atoms with Crippen LogP contribution in [0.3, 0.4) is 0 Å². The molecule has 0 aliphatic carbocycles. The first-order valence-corrected chi connectivity index (χ1v) is 11.6. The molecule has 5 rings (SSSR count). The van der Waals surface area contributed by atoms with Crippen molar-refractivity contribution in [1.29, 1.82) is 0 Å². The van der Waals surface area contributed by atoms with E-state index in [1.807, 2.05) is 71.3 Å². The number of benzene rings is 3. The maximum atomic E-state index is 11.8. The number of thioether (sulfide) groups is 1. The van der Waals surface area contributed by atoms with Gasteiger partial charge < -0.3 is 4.98 Å². The number of aromatic nitrogens is 5. The highest BCUT2D eigenvalue weighted by molar-refractivity contribution is 7.99. The SMILES string of the molecule is O=c1cc(Cc2nnc(SC(c3ccccc3)c3ccccc3)n2-c2ccccc2)[nH]c(=O)[nH]1. The van der Waals surface area contributed by atoms with Gasteiger partial charge in [-0.2, -0.15) is 0 Å². The minimum absolute atomic E-state index is 0.00119. The third-order valence-electron chi connectivity index (χ3n) is 5.31. The molecule has 0 bridgehead atoms. The number of hydrogen-bond acceptors (Lipinski definition) is 5. The van der Waals surface area contributed by atoms with E-state index in [-0.39, 0.29) is 11.7 Å². The van der Waals surface area contributed by atoms with Gasteiger partial charge in [-0.05, 0) is 23.3 Å². The minimum atomic E-state index is -0.545. The third kappa shape index (κ3) is 4.77. The van der Waals surface area contributed by atoms with Crippen molar-refractivity contribution in [3.05, 3.63) is 141 Å². The van der Waals surface area contributed by atoms with E-state index in [2.05, 4.69) is 44.4 Å². The molecule has 0 unspecified atom stereocenters. The van der Waals surface area contributed by atoms with E-state index in [0.29, 0.717) is 16.7 Å². The number of nitrogens with zero attached hydrogens (tertiary/aromatic N) is 3. The van der Waals surface area contributed by atoms with Crippen molar-refractivity contribution in [1.82, 2.24) is 24.7 Å². The van der Waals surface area contributed by atoms with Gasteiger partial charge in [-0.1, -0.05) is 90.6 Å². The van der Waals surface area contributed by atoms with E-state index in [4.69, 9.17) is 0 Å². The zero-order valence-corrected chi connectivity index (χ0v) is 18.9. The van der Waals surface area contributed by atoms with Crippen molar-refractivity contribution in [3.8, 4) is 5.69 Å². The largest absolute Gasteiger partial charge is 0.325 e. The standard InChI is InChI=1S/C26H21N5O2S/c32-23-17-20(27-25(33)28-23)16-22-29-30-26(31(22)21-14-8-3-9-15-21)34-24(18-10-4-1-5-11-18)19-12-6-2-7-13-19/h1-15,17,24H,16H2,(H2,27,28,32,33). The summed E-state index contributed by atoms with van der Waals surface area (Å²) in [5.74, 6) is 0.620. The third-order valence-corrected chi connectivity index (χ3v) is 6.56. The van der Waals surface area contributed by atoms with Gasteiger partial charge in [-0.15, -0.1) is 10.2 Å².